The average molecular weight is 244 g/mol. The van der Waals surface area contributed by atoms with Crippen molar-refractivity contribution in [2.45, 2.75) is 18.7 Å². The highest BCUT2D eigenvalue weighted by Gasteiger charge is 2.24. The molecule has 16 heavy (non-hydrogen) atoms. The summed E-state index contributed by atoms with van der Waals surface area (Å²) < 4.78 is 25.4. The molecule has 0 amide bonds. The minimum Gasteiger partial charge on any atom is -0.298 e. The Bertz CT molecular complexity index is 454. The molecular weight excluding hydrogens is 236 g/mol. The van der Waals surface area contributed by atoms with E-state index in [-0.39, 0.29) is 16.7 Å². The van der Waals surface area contributed by atoms with Crippen molar-refractivity contribution in [3.8, 4) is 6.07 Å². The fraction of sp³-hybridized carbons (Fsp3) is 0.273. The number of rotatable bonds is 3. The zero-order valence-electron chi connectivity index (χ0n) is 8.38. The molecule has 1 aromatic carbocycles. The van der Waals surface area contributed by atoms with Crippen LogP contribution in [0.2, 0.25) is 0 Å². The summed E-state index contributed by atoms with van der Waals surface area (Å²) in [6, 6.07) is 5.62. The predicted molar refractivity (Wildman–Crippen MR) is 55.4 cm³/mol. The van der Waals surface area contributed by atoms with Gasteiger partial charge in [0.2, 0.25) is 0 Å². The molecule has 0 aromatic heterocycles. The van der Waals surface area contributed by atoms with E-state index in [9.17, 15) is 13.6 Å². The van der Waals surface area contributed by atoms with Crippen molar-refractivity contribution < 1.29 is 13.6 Å². The molecule has 0 aliphatic carbocycles. The third kappa shape index (κ3) is 2.37. The first kappa shape index (κ1) is 12.6. The smallest absolute Gasteiger partial charge is 0.264 e. The molecule has 0 N–H and O–H groups in total. The Labute approximate surface area is 96.4 Å². The highest BCUT2D eigenvalue weighted by Crippen LogP contribution is 2.33. The first-order chi connectivity index (χ1) is 7.49. The zero-order chi connectivity index (χ0) is 12.3. The number of nitrogens with zero attached hydrogens (tertiary/aromatic N) is 1. The second kappa shape index (κ2) is 5.04. The number of alkyl halides is 3. The fourth-order valence-corrected chi connectivity index (χ4v) is 1.60. The van der Waals surface area contributed by atoms with Gasteiger partial charge in [0, 0.05) is 11.1 Å². The molecule has 5 heteroatoms. The van der Waals surface area contributed by atoms with Crippen LogP contribution in [-0.2, 0) is 4.79 Å². The number of carbonyl (C=O) groups is 1. The van der Waals surface area contributed by atoms with Gasteiger partial charge < -0.3 is 0 Å². The summed E-state index contributed by atoms with van der Waals surface area (Å²) in [6.07, 6.45) is -2.76. The van der Waals surface area contributed by atoms with Gasteiger partial charge in [-0.05, 0) is 13.0 Å². The maximum absolute atomic E-state index is 12.7. The summed E-state index contributed by atoms with van der Waals surface area (Å²) >= 11 is 5.74. The topological polar surface area (TPSA) is 40.9 Å². The zero-order valence-corrected chi connectivity index (χ0v) is 9.13. The highest BCUT2D eigenvalue weighted by molar-refractivity contribution is 6.31. The van der Waals surface area contributed by atoms with E-state index in [2.05, 4.69) is 0 Å². The molecule has 0 radical (unpaired) electrons. The third-order valence-electron chi connectivity index (χ3n) is 2.11. The van der Waals surface area contributed by atoms with Crippen molar-refractivity contribution in [2.75, 3.05) is 0 Å². The van der Waals surface area contributed by atoms with Crippen molar-refractivity contribution in [2.24, 2.45) is 0 Å². The first-order valence-electron chi connectivity index (χ1n) is 4.44. The van der Waals surface area contributed by atoms with Gasteiger partial charge in [-0.3, -0.25) is 4.79 Å². The first-order valence-corrected chi connectivity index (χ1v) is 4.88. The summed E-state index contributed by atoms with van der Waals surface area (Å²) in [6.45, 7) is 1.20. The minimum absolute atomic E-state index is 0.00741. The summed E-state index contributed by atoms with van der Waals surface area (Å²) in [5.41, 5.74) is -0.448. The normalized spacial score (nSPS) is 12.2. The van der Waals surface area contributed by atoms with Gasteiger partial charge >= 0.3 is 0 Å². The molecule has 1 rings (SSSR count). The van der Waals surface area contributed by atoms with Crippen LogP contribution in [0.5, 0.6) is 0 Å². The summed E-state index contributed by atoms with van der Waals surface area (Å²) in [5.74, 6) is -0.466. The van der Waals surface area contributed by atoms with Crippen molar-refractivity contribution in [3.63, 3.8) is 0 Å². The van der Waals surface area contributed by atoms with Crippen LogP contribution < -0.4 is 0 Å². The minimum atomic E-state index is -2.76. The van der Waals surface area contributed by atoms with Gasteiger partial charge in [0.1, 0.15) is 5.38 Å². The Hall–Kier alpha value is -1.47. The largest absolute Gasteiger partial charge is 0.298 e. The van der Waals surface area contributed by atoms with Crippen LogP contribution in [0.4, 0.5) is 8.78 Å². The third-order valence-corrected chi connectivity index (χ3v) is 2.63. The Balaban J connectivity index is 3.43. The molecule has 0 fully saturated rings. The number of nitriles is 1. The van der Waals surface area contributed by atoms with Gasteiger partial charge in [0.25, 0.3) is 6.43 Å². The SMILES string of the molecule is CC(=O)C(Cl)c1c(C#N)cccc1C(F)F. The molecule has 1 unspecified atom stereocenters. The van der Waals surface area contributed by atoms with Crippen LogP contribution >= 0.6 is 11.6 Å². The summed E-state index contributed by atoms with van der Waals surface area (Å²) in [4.78, 5) is 11.1. The molecule has 0 saturated carbocycles. The van der Waals surface area contributed by atoms with Crippen LogP contribution in [0, 0.1) is 11.3 Å². The van der Waals surface area contributed by atoms with E-state index >= 15 is 0 Å². The number of hydrogen-bond acceptors (Lipinski definition) is 2. The van der Waals surface area contributed by atoms with Crippen molar-refractivity contribution >= 4 is 17.4 Å². The molecule has 0 bridgehead atoms. The molecule has 0 heterocycles. The van der Waals surface area contributed by atoms with Crippen LogP contribution in [-0.4, -0.2) is 5.78 Å². The standard InChI is InChI=1S/C11H8ClF2NO/c1-6(16)10(12)9-7(5-15)3-2-4-8(9)11(13)14/h2-4,10-11H,1H3. The van der Waals surface area contributed by atoms with Gasteiger partial charge in [-0.2, -0.15) is 5.26 Å². The Kier molecular flexibility index (Phi) is 3.97. The van der Waals surface area contributed by atoms with Crippen LogP contribution in [0.15, 0.2) is 18.2 Å². The van der Waals surface area contributed by atoms with Crippen LogP contribution in [0.25, 0.3) is 0 Å². The molecule has 1 aromatic rings. The maximum atomic E-state index is 12.7. The second-order valence-corrected chi connectivity index (χ2v) is 3.63. The van der Waals surface area contributed by atoms with E-state index in [4.69, 9.17) is 16.9 Å². The van der Waals surface area contributed by atoms with Gasteiger partial charge in [-0.15, -0.1) is 11.6 Å². The van der Waals surface area contributed by atoms with E-state index in [0.29, 0.717) is 0 Å². The molecule has 0 aliphatic rings. The van der Waals surface area contributed by atoms with Crippen LogP contribution in [0.3, 0.4) is 0 Å². The lowest BCUT2D eigenvalue weighted by molar-refractivity contribution is -0.116. The van der Waals surface area contributed by atoms with Gasteiger partial charge in [0.05, 0.1) is 11.6 Å². The lowest BCUT2D eigenvalue weighted by Gasteiger charge is -2.13. The second-order valence-electron chi connectivity index (χ2n) is 3.19. The number of hydrogen-bond donors (Lipinski definition) is 0. The Morgan fingerprint density at radius 3 is 2.56 bits per heavy atom. The molecule has 0 saturated heterocycles. The monoisotopic (exact) mass is 243 g/mol. The van der Waals surface area contributed by atoms with E-state index in [1.54, 1.807) is 6.07 Å². The lowest BCUT2D eigenvalue weighted by Crippen LogP contribution is -2.08. The summed E-state index contributed by atoms with van der Waals surface area (Å²) in [7, 11) is 0. The molecule has 84 valence electrons. The lowest BCUT2D eigenvalue weighted by atomic mass is 9.97. The average Bonchev–Trinajstić information content (AvgIpc) is 2.26. The van der Waals surface area contributed by atoms with Gasteiger partial charge in [-0.25, -0.2) is 8.78 Å². The van der Waals surface area contributed by atoms with Crippen molar-refractivity contribution in [1.82, 2.24) is 0 Å². The predicted octanol–water partition coefficient (Wildman–Crippen LogP) is 3.36. The highest BCUT2D eigenvalue weighted by atomic mass is 35.5. The van der Waals surface area contributed by atoms with Crippen LogP contribution in [0.1, 0.15) is 35.4 Å². The number of ketones is 1. The summed E-state index contributed by atoms with van der Waals surface area (Å²) in [5, 5.41) is 7.58. The maximum Gasteiger partial charge on any atom is 0.264 e. The van der Waals surface area contributed by atoms with Crippen molar-refractivity contribution in [3.05, 3.63) is 34.9 Å². The number of halogens is 3. The molecule has 0 spiro atoms. The molecule has 2 nitrogen and oxygen atoms in total. The van der Waals surface area contributed by atoms with E-state index in [1.807, 2.05) is 0 Å². The number of Topliss-reactive ketones (excluding diaryl/α,β-unsaturated/α-hetero) is 1. The Morgan fingerprint density at radius 2 is 2.12 bits per heavy atom. The quantitative estimate of drug-likeness (QED) is 0.764. The molecule has 0 aliphatic heterocycles. The number of carbonyl (C=O) groups excluding carboxylic acids is 1. The Morgan fingerprint density at radius 1 is 1.50 bits per heavy atom. The van der Waals surface area contributed by atoms with Gasteiger partial charge in [0.15, 0.2) is 5.78 Å². The van der Waals surface area contributed by atoms with E-state index in [0.717, 1.165) is 0 Å². The molecule has 1 atom stereocenters. The fourth-order valence-electron chi connectivity index (χ4n) is 1.36. The number of benzene rings is 1. The van der Waals surface area contributed by atoms with Gasteiger partial charge in [-0.1, -0.05) is 12.1 Å². The van der Waals surface area contributed by atoms with E-state index < -0.39 is 17.6 Å². The van der Waals surface area contributed by atoms with E-state index in [1.165, 1.54) is 25.1 Å². The van der Waals surface area contributed by atoms with Crippen molar-refractivity contribution in [1.29, 1.82) is 5.26 Å². The molecular formula is C11H8ClF2NO.